The molecule has 0 unspecified atom stereocenters. The number of rotatable bonds is 2. The van der Waals surface area contributed by atoms with Crippen molar-refractivity contribution in [2.45, 2.75) is 0 Å². The van der Waals surface area contributed by atoms with Gasteiger partial charge in [0.05, 0.1) is 11.6 Å². The molecule has 0 bridgehead atoms. The zero-order valence-corrected chi connectivity index (χ0v) is 11.3. The van der Waals surface area contributed by atoms with E-state index in [0.29, 0.717) is 21.2 Å². The monoisotopic (exact) mass is 289 g/mol. The van der Waals surface area contributed by atoms with Crippen LogP contribution in [0.25, 0.3) is 11.6 Å². The zero-order valence-electron chi connectivity index (χ0n) is 9.77. The van der Waals surface area contributed by atoms with Crippen LogP contribution in [0.3, 0.4) is 0 Å². The van der Waals surface area contributed by atoms with E-state index < -0.39 is 0 Å². The second kappa shape index (κ2) is 5.79. The number of halogens is 2. The quantitative estimate of drug-likeness (QED) is 0.640. The molecule has 0 radical (unpaired) electrons. The van der Waals surface area contributed by atoms with Gasteiger partial charge in [0.1, 0.15) is 5.75 Å². The van der Waals surface area contributed by atoms with Crippen molar-refractivity contribution in [3.05, 3.63) is 63.6 Å². The molecule has 19 heavy (non-hydrogen) atoms. The number of phenolic OH excluding ortho intramolecular Hbond substituents is 1. The van der Waals surface area contributed by atoms with Crippen LogP contribution < -0.4 is 0 Å². The average molecular weight is 290 g/mol. The summed E-state index contributed by atoms with van der Waals surface area (Å²) in [6.45, 7) is 0. The fourth-order valence-electron chi connectivity index (χ4n) is 1.60. The van der Waals surface area contributed by atoms with Crippen molar-refractivity contribution in [1.82, 2.24) is 0 Å². The van der Waals surface area contributed by atoms with Crippen LogP contribution in [0, 0.1) is 11.3 Å². The van der Waals surface area contributed by atoms with Gasteiger partial charge >= 0.3 is 0 Å². The first-order chi connectivity index (χ1) is 9.10. The first-order valence-electron chi connectivity index (χ1n) is 5.46. The Balaban J connectivity index is 2.44. The Morgan fingerprint density at radius 3 is 2.37 bits per heavy atom. The van der Waals surface area contributed by atoms with Gasteiger partial charge in [0.25, 0.3) is 0 Å². The molecule has 4 heteroatoms. The number of hydrogen-bond donors (Lipinski definition) is 1. The first-order valence-corrected chi connectivity index (χ1v) is 6.22. The van der Waals surface area contributed by atoms with E-state index in [0.717, 1.165) is 5.56 Å². The van der Waals surface area contributed by atoms with E-state index in [9.17, 15) is 10.4 Å². The number of nitriles is 1. The summed E-state index contributed by atoms with van der Waals surface area (Å²) in [6, 6.07) is 13.6. The SMILES string of the molecule is N#CC(=Cc1ccc(Cl)cc1Cl)c1ccc(O)cc1. The standard InChI is InChI=1S/C15H9Cl2NO/c16-13-4-1-11(15(17)8-13)7-12(9-18)10-2-5-14(19)6-3-10/h1-8,19H. The molecular formula is C15H9Cl2NO. The minimum Gasteiger partial charge on any atom is -0.508 e. The molecule has 0 aliphatic rings. The normalized spacial score (nSPS) is 11.1. The summed E-state index contributed by atoms with van der Waals surface area (Å²) in [4.78, 5) is 0. The molecule has 2 aromatic carbocycles. The molecule has 0 spiro atoms. The van der Waals surface area contributed by atoms with Crippen molar-refractivity contribution in [2.24, 2.45) is 0 Å². The lowest BCUT2D eigenvalue weighted by Crippen LogP contribution is -1.82. The molecule has 0 aliphatic carbocycles. The molecule has 2 aromatic rings. The van der Waals surface area contributed by atoms with E-state index in [1.165, 1.54) is 12.1 Å². The molecule has 94 valence electrons. The lowest BCUT2D eigenvalue weighted by atomic mass is 10.0. The fraction of sp³-hybridized carbons (Fsp3) is 0. The predicted molar refractivity (Wildman–Crippen MR) is 78.1 cm³/mol. The van der Waals surface area contributed by atoms with E-state index in [1.807, 2.05) is 0 Å². The Bertz CT molecular complexity index is 670. The van der Waals surface area contributed by atoms with Gasteiger partial charge in [0, 0.05) is 10.0 Å². The predicted octanol–water partition coefficient (Wildman–Crippen LogP) is 4.76. The van der Waals surface area contributed by atoms with Crippen molar-refractivity contribution in [2.75, 3.05) is 0 Å². The summed E-state index contributed by atoms with van der Waals surface area (Å²) < 4.78 is 0. The second-order valence-corrected chi connectivity index (χ2v) is 4.73. The van der Waals surface area contributed by atoms with Crippen LogP contribution in [-0.2, 0) is 0 Å². The van der Waals surface area contributed by atoms with E-state index in [4.69, 9.17) is 23.2 Å². The van der Waals surface area contributed by atoms with Gasteiger partial charge in [-0.3, -0.25) is 0 Å². The molecule has 1 N–H and O–H groups in total. The summed E-state index contributed by atoms with van der Waals surface area (Å²) in [5.41, 5.74) is 1.89. The van der Waals surface area contributed by atoms with Gasteiger partial charge in [-0.05, 0) is 53.6 Å². The van der Waals surface area contributed by atoms with Crippen LogP contribution in [0.1, 0.15) is 11.1 Å². The highest BCUT2D eigenvalue weighted by atomic mass is 35.5. The maximum atomic E-state index is 9.24. The Morgan fingerprint density at radius 2 is 1.79 bits per heavy atom. The van der Waals surface area contributed by atoms with Gasteiger partial charge in [-0.2, -0.15) is 5.26 Å². The minimum absolute atomic E-state index is 0.158. The van der Waals surface area contributed by atoms with E-state index in [2.05, 4.69) is 6.07 Å². The molecular weight excluding hydrogens is 281 g/mol. The van der Waals surface area contributed by atoms with Crippen molar-refractivity contribution in [3.63, 3.8) is 0 Å². The first kappa shape index (κ1) is 13.5. The molecule has 0 saturated carbocycles. The van der Waals surface area contributed by atoms with Crippen LogP contribution in [-0.4, -0.2) is 5.11 Å². The molecule has 0 saturated heterocycles. The highest BCUT2D eigenvalue weighted by Gasteiger charge is 2.04. The van der Waals surface area contributed by atoms with Crippen LogP contribution in [0.2, 0.25) is 10.0 Å². The van der Waals surface area contributed by atoms with Crippen molar-refractivity contribution in [3.8, 4) is 11.8 Å². The third kappa shape index (κ3) is 3.29. The summed E-state index contributed by atoms with van der Waals surface area (Å²) in [5, 5.41) is 19.5. The average Bonchev–Trinajstić information content (AvgIpc) is 2.39. The van der Waals surface area contributed by atoms with Crippen molar-refractivity contribution in [1.29, 1.82) is 5.26 Å². The van der Waals surface area contributed by atoms with Crippen LogP contribution >= 0.6 is 23.2 Å². The number of aromatic hydroxyl groups is 1. The summed E-state index contributed by atoms with van der Waals surface area (Å²) in [6.07, 6.45) is 1.69. The fourth-order valence-corrected chi connectivity index (χ4v) is 2.06. The molecule has 0 amide bonds. The minimum atomic E-state index is 0.158. The highest BCUT2D eigenvalue weighted by Crippen LogP contribution is 2.26. The van der Waals surface area contributed by atoms with Gasteiger partial charge in [0.15, 0.2) is 0 Å². The summed E-state index contributed by atoms with van der Waals surface area (Å²) in [7, 11) is 0. The highest BCUT2D eigenvalue weighted by molar-refractivity contribution is 6.35. The van der Waals surface area contributed by atoms with Gasteiger partial charge in [-0.25, -0.2) is 0 Å². The lowest BCUT2D eigenvalue weighted by Gasteiger charge is -2.02. The van der Waals surface area contributed by atoms with Gasteiger partial charge in [-0.15, -0.1) is 0 Å². The van der Waals surface area contributed by atoms with Crippen molar-refractivity contribution >= 4 is 34.9 Å². The molecule has 0 atom stereocenters. The smallest absolute Gasteiger partial charge is 0.115 e. The number of nitrogens with zero attached hydrogens (tertiary/aromatic N) is 1. The maximum Gasteiger partial charge on any atom is 0.115 e. The molecule has 2 rings (SSSR count). The molecule has 0 aliphatic heterocycles. The maximum absolute atomic E-state index is 9.24. The lowest BCUT2D eigenvalue weighted by molar-refractivity contribution is 0.475. The Morgan fingerprint density at radius 1 is 1.11 bits per heavy atom. The van der Waals surface area contributed by atoms with Crippen LogP contribution in [0.15, 0.2) is 42.5 Å². The molecule has 2 nitrogen and oxygen atoms in total. The third-order valence-electron chi connectivity index (χ3n) is 2.56. The van der Waals surface area contributed by atoms with E-state index in [-0.39, 0.29) is 5.75 Å². The third-order valence-corrected chi connectivity index (χ3v) is 3.12. The molecule has 0 heterocycles. The Kier molecular flexibility index (Phi) is 4.11. The van der Waals surface area contributed by atoms with E-state index in [1.54, 1.807) is 36.4 Å². The van der Waals surface area contributed by atoms with Crippen LogP contribution in [0.5, 0.6) is 5.75 Å². The number of benzene rings is 2. The van der Waals surface area contributed by atoms with Gasteiger partial charge in [-0.1, -0.05) is 29.3 Å². The Hall–Kier alpha value is -1.95. The largest absolute Gasteiger partial charge is 0.508 e. The van der Waals surface area contributed by atoms with Gasteiger partial charge in [0.2, 0.25) is 0 Å². The summed E-state index contributed by atoms with van der Waals surface area (Å²) in [5.74, 6) is 0.158. The van der Waals surface area contributed by atoms with Crippen molar-refractivity contribution < 1.29 is 5.11 Å². The number of phenols is 1. The summed E-state index contributed by atoms with van der Waals surface area (Å²) >= 11 is 11.9. The number of allylic oxidation sites excluding steroid dienone is 1. The van der Waals surface area contributed by atoms with Gasteiger partial charge < -0.3 is 5.11 Å². The van der Waals surface area contributed by atoms with E-state index >= 15 is 0 Å². The Labute approximate surface area is 121 Å². The molecule has 0 fully saturated rings. The zero-order chi connectivity index (χ0) is 13.8. The van der Waals surface area contributed by atoms with Crippen LogP contribution in [0.4, 0.5) is 0 Å². The number of hydrogen-bond acceptors (Lipinski definition) is 2. The topological polar surface area (TPSA) is 44.0 Å². The second-order valence-electron chi connectivity index (χ2n) is 3.88. The molecule has 0 aromatic heterocycles.